The molecule has 1 amide bonds. The molecule has 1 aliphatic rings. The quantitative estimate of drug-likeness (QED) is 0.766. The first-order chi connectivity index (χ1) is 8.79. The smallest absolute Gasteiger partial charge is 0.246 e. The number of rotatable bonds is 3. The number of nitrogens with zero attached hydrogens (tertiary/aromatic N) is 1. The van der Waals surface area contributed by atoms with E-state index in [2.05, 4.69) is 0 Å². The number of carbonyl (C=O) groups excluding carboxylic acids is 1. The summed E-state index contributed by atoms with van der Waals surface area (Å²) in [6.45, 7) is 3.42. The van der Waals surface area contributed by atoms with E-state index in [0.29, 0.717) is 0 Å². The fraction of sp³-hybridized carbons (Fsp3) is 0.400. The van der Waals surface area contributed by atoms with E-state index in [1.54, 1.807) is 12.2 Å². The molecule has 1 aromatic carbocycles. The molecule has 0 N–H and O–H groups in total. The summed E-state index contributed by atoms with van der Waals surface area (Å²) in [6, 6.07) is 9.86. The molecule has 1 aliphatic heterocycles. The number of piperidine rings is 1. The minimum Gasteiger partial charge on any atom is -0.490 e. The van der Waals surface area contributed by atoms with Gasteiger partial charge in [0.2, 0.25) is 5.91 Å². The Morgan fingerprint density at radius 3 is 2.56 bits per heavy atom. The Balaban J connectivity index is 1.82. The van der Waals surface area contributed by atoms with Gasteiger partial charge in [-0.2, -0.15) is 0 Å². The number of allylic oxidation sites excluding steroid dienone is 1. The molecule has 0 aliphatic carbocycles. The zero-order valence-corrected chi connectivity index (χ0v) is 10.7. The van der Waals surface area contributed by atoms with E-state index in [4.69, 9.17) is 4.74 Å². The number of carbonyl (C=O) groups is 1. The molecule has 1 saturated heterocycles. The average Bonchev–Trinajstić information content (AvgIpc) is 2.41. The maximum atomic E-state index is 11.7. The van der Waals surface area contributed by atoms with Gasteiger partial charge in [-0.15, -0.1) is 0 Å². The van der Waals surface area contributed by atoms with E-state index in [1.165, 1.54) is 0 Å². The highest BCUT2D eigenvalue weighted by Gasteiger charge is 2.22. The Kier molecular flexibility index (Phi) is 4.40. The maximum absolute atomic E-state index is 11.7. The van der Waals surface area contributed by atoms with Gasteiger partial charge in [0.25, 0.3) is 0 Å². The second-order valence-corrected chi connectivity index (χ2v) is 4.46. The van der Waals surface area contributed by atoms with E-state index in [9.17, 15) is 4.79 Å². The van der Waals surface area contributed by atoms with Gasteiger partial charge < -0.3 is 9.64 Å². The molecule has 1 fully saturated rings. The lowest BCUT2D eigenvalue weighted by molar-refractivity contribution is -0.127. The lowest BCUT2D eigenvalue weighted by Gasteiger charge is -2.31. The van der Waals surface area contributed by atoms with Gasteiger partial charge in [-0.25, -0.2) is 0 Å². The maximum Gasteiger partial charge on any atom is 0.246 e. The summed E-state index contributed by atoms with van der Waals surface area (Å²) < 4.78 is 5.89. The van der Waals surface area contributed by atoms with Crippen molar-refractivity contribution in [3.8, 4) is 5.75 Å². The molecule has 18 heavy (non-hydrogen) atoms. The number of hydrogen-bond donors (Lipinski definition) is 0. The van der Waals surface area contributed by atoms with Crippen LogP contribution in [0.15, 0.2) is 42.5 Å². The summed E-state index contributed by atoms with van der Waals surface area (Å²) in [5.41, 5.74) is 0. The van der Waals surface area contributed by atoms with Crippen molar-refractivity contribution in [1.29, 1.82) is 0 Å². The third kappa shape index (κ3) is 3.36. The van der Waals surface area contributed by atoms with E-state index in [-0.39, 0.29) is 12.0 Å². The third-order valence-corrected chi connectivity index (χ3v) is 3.11. The van der Waals surface area contributed by atoms with Gasteiger partial charge in [-0.05, 0) is 25.1 Å². The molecule has 3 nitrogen and oxygen atoms in total. The summed E-state index contributed by atoms with van der Waals surface area (Å²) in [5, 5.41) is 0. The van der Waals surface area contributed by atoms with Crippen molar-refractivity contribution >= 4 is 5.91 Å². The van der Waals surface area contributed by atoms with E-state index in [1.807, 2.05) is 42.2 Å². The molecule has 0 aromatic heterocycles. The lowest BCUT2D eigenvalue weighted by atomic mass is 10.1. The number of para-hydroxylation sites is 1. The van der Waals surface area contributed by atoms with Crippen LogP contribution in [-0.4, -0.2) is 30.0 Å². The van der Waals surface area contributed by atoms with Gasteiger partial charge in [0, 0.05) is 25.9 Å². The van der Waals surface area contributed by atoms with Crippen molar-refractivity contribution in [1.82, 2.24) is 4.90 Å². The molecule has 0 saturated carbocycles. The molecule has 1 aromatic rings. The van der Waals surface area contributed by atoms with Crippen molar-refractivity contribution in [2.24, 2.45) is 0 Å². The highest BCUT2D eigenvalue weighted by atomic mass is 16.5. The highest BCUT2D eigenvalue weighted by molar-refractivity contribution is 5.87. The van der Waals surface area contributed by atoms with Gasteiger partial charge in [-0.1, -0.05) is 24.3 Å². The number of benzene rings is 1. The number of amides is 1. The molecule has 0 unspecified atom stereocenters. The van der Waals surface area contributed by atoms with Crippen LogP contribution in [0, 0.1) is 0 Å². The molecule has 0 bridgehead atoms. The SMILES string of the molecule is CC=CC(=O)N1CCC(Oc2ccccc2)CC1. The van der Waals surface area contributed by atoms with Gasteiger partial charge in [0.15, 0.2) is 0 Å². The average molecular weight is 245 g/mol. The Morgan fingerprint density at radius 1 is 1.28 bits per heavy atom. The molecule has 0 spiro atoms. The molecule has 1 heterocycles. The summed E-state index contributed by atoms with van der Waals surface area (Å²) in [6.07, 6.45) is 5.44. The fourth-order valence-electron chi connectivity index (χ4n) is 2.13. The lowest BCUT2D eigenvalue weighted by Crippen LogP contribution is -2.41. The monoisotopic (exact) mass is 245 g/mol. The van der Waals surface area contributed by atoms with Crippen LogP contribution in [0.1, 0.15) is 19.8 Å². The predicted octanol–water partition coefficient (Wildman–Crippen LogP) is 2.63. The Bertz CT molecular complexity index is 406. The second-order valence-electron chi connectivity index (χ2n) is 4.46. The van der Waals surface area contributed by atoms with Crippen molar-refractivity contribution in [3.05, 3.63) is 42.5 Å². The van der Waals surface area contributed by atoms with Crippen LogP contribution < -0.4 is 4.74 Å². The van der Waals surface area contributed by atoms with Crippen LogP contribution in [0.2, 0.25) is 0 Å². The molecular formula is C15H19NO2. The first-order valence-corrected chi connectivity index (χ1v) is 6.43. The van der Waals surface area contributed by atoms with Gasteiger partial charge in [0.05, 0.1) is 0 Å². The predicted molar refractivity (Wildman–Crippen MR) is 71.5 cm³/mol. The Labute approximate surface area is 108 Å². The van der Waals surface area contributed by atoms with Crippen LogP contribution in [0.5, 0.6) is 5.75 Å². The molecule has 0 atom stereocenters. The van der Waals surface area contributed by atoms with Crippen molar-refractivity contribution in [3.63, 3.8) is 0 Å². The van der Waals surface area contributed by atoms with Crippen molar-refractivity contribution in [2.75, 3.05) is 13.1 Å². The second kappa shape index (κ2) is 6.24. The molecule has 2 rings (SSSR count). The minimum atomic E-state index is 0.107. The Morgan fingerprint density at radius 2 is 1.94 bits per heavy atom. The van der Waals surface area contributed by atoms with E-state index >= 15 is 0 Å². The van der Waals surface area contributed by atoms with Crippen LogP contribution in [0.4, 0.5) is 0 Å². The minimum absolute atomic E-state index is 0.107. The number of ether oxygens (including phenoxy) is 1. The largest absolute Gasteiger partial charge is 0.490 e. The van der Waals surface area contributed by atoms with Gasteiger partial charge in [-0.3, -0.25) is 4.79 Å². The molecule has 96 valence electrons. The van der Waals surface area contributed by atoms with Crippen LogP contribution in [0.3, 0.4) is 0 Å². The standard InChI is InChI=1S/C15H19NO2/c1-2-6-15(17)16-11-9-14(10-12-16)18-13-7-4-3-5-8-13/h2-8,14H,9-12H2,1H3. The zero-order valence-electron chi connectivity index (χ0n) is 10.7. The number of hydrogen-bond acceptors (Lipinski definition) is 2. The van der Waals surface area contributed by atoms with E-state index < -0.39 is 0 Å². The molecule has 3 heteroatoms. The third-order valence-electron chi connectivity index (χ3n) is 3.11. The van der Waals surface area contributed by atoms with Crippen LogP contribution >= 0.6 is 0 Å². The number of likely N-dealkylation sites (tertiary alicyclic amines) is 1. The van der Waals surface area contributed by atoms with Crippen molar-refractivity contribution < 1.29 is 9.53 Å². The van der Waals surface area contributed by atoms with Crippen LogP contribution in [0.25, 0.3) is 0 Å². The first-order valence-electron chi connectivity index (χ1n) is 6.43. The molecular weight excluding hydrogens is 226 g/mol. The highest BCUT2D eigenvalue weighted by Crippen LogP contribution is 2.18. The Hall–Kier alpha value is -1.77. The van der Waals surface area contributed by atoms with E-state index in [0.717, 1.165) is 31.7 Å². The normalized spacial score (nSPS) is 17.1. The topological polar surface area (TPSA) is 29.5 Å². The van der Waals surface area contributed by atoms with Gasteiger partial charge >= 0.3 is 0 Å². The zero-order chi connectivity index (χ0) is 12.8. The van der Waals surface area contributed by atoms with Crippen LogP contribution in [-0.2, 0) is 4.79 Å². The summed E-state index contributed by atoms with van der Waals surface area (Å²) in [4.78, 5) is 13.5. The fourth-order valence-corrected chi connectivity index (χ4v) is 2.13. The summed E-state index contributed by atoms with van der Waals surface area (Å²) >= 11 is 0. The summed E-state index contributed by atoms with van der Waals surface area (Å²) in [5.74, 6) is 1.02. The summed E-state index contributed by atoms with van der Waals surface area (Å²) in [7, 11) is 0. The molecule has 0 radical (unpaired) electrons. The van der Waals surface area contributed by atoms with Crippen molar-refractivity contribution in [2.45, 2.75) is 25.9 Å². The first kappa shape index (κ1) is 12.7. The van der Waals surface area contributed by atoms with Gasteiger partial charge in [0.1, 0.15) is 11.9 Å².